The van der Waals surface area contributed by atoms with Gasteiger partial charge in [-0.25, -0.2) is 0 Å². The molecule has 0 unspecified atom stereocenters. The molecule has 1 radical (unpaired) electrons. The maximum absolute atomic E-state index is 10.3. The first-order chi connectivity index (χ1) is 3.77. The van der Waals surface area contributed by atoms with E-state index in [1.807, 2.05) is 0 Å². The fourth-order valence-corrected chi connectivity index (χ4v) is 0.440. The van der Waals surface area contributed by atoms with Gasteiger partial charge in [-0.1, -0.05) is 0 Å². The summed E-state index contributed by atoms with van der Waals surface area (Å²) >= 11 is 0. The zero-order valence-corrected chi connectivity index (χ0v) is 5.18. The van der Waals surface area contributed by atoms with Crippen LogP contribution in [0.5, 0.6) is 0 Å². The van der Waals surface area contributed by atoms with Crippen molar-refractivity contribution in [2.45, 2.75) is 19.8 Å². The van der Waals surface area contributed by atoms with E-state index in [1.54, 1.807) is 6.92 Å². The van der Waals surface area contributed by atoms with Gasteiger partial charge in [-0.2, -0.15) is 0 Å². The van der Waals surface area contributed by atoms with E-state index in [4.69, 9.17) is 0 Å². The van der Waals surface area contributed by atoms with Gasteiger partial charge >= 0.3 is 0 Å². The normalized spacial score (nSPS) is 9.25. The molecule has 0 aromatic carbocycles. The van der Waals surface area contributed by atoms with Crippen molar-refractivity contribution in [2.75, 3.05) is 6.54 Å². The summed E-state index contributed by atoms with van der Waals surface area (Å²) in [6.07, 6.45) is 1.48. The third-order valence-corrected chi connectivity index (χ3v) is 0.845. The average molecular weight is 113 g/mol. The van der Waals surface area contributed by atoms with Gasteiger partial charge in [0.1, 0.15) is 5.78 Å². The molecule has 2 heteroatoms. The zero-order chi connectivity index (χ0) is 6.41. The molecule has 0 amide bonds. The van der Waals surface area contributed by atoms with Gasteiger partial charge in [0, 0.05) is 6.42 Å². The molecule has 0 bridgehead atoms. The highest BCUT2D eigenvalue weighted by Crippen LogP contribution is 1.86. The molecular weight excluding hydrogens is 102 g/mol. The minimum atomic E-state index is 0.230. The molecule has 0 atom stereocenters. The SMILES string of the molecule is [CH2-][N]CCCC(C)=O. The first-order valence-corrected chi connectivity index (χ1v) is 2.69. The van der Waals surface area contributed by atoms with E-state index >= 15 is 0 Å². The fourth-order valence-electron chi connectivity index (χ4n) is 0.440. The monoisotopic (exact) mass is 113 g/mol. The van der Waals surface area contributed by atoms with Crippen LogP contribution in [-0.2, 0) is 4.79 Å². The Hall–Kier alpha value is -0.370. The zero-order valence-electron chi connectivity index (χ0n) is 5.18. The van der Waals surface area contributed by atoms with Crippen LogP contribution in [0.2, 0.25) is 0 Å². The second-order valence-corrected chi connectivity index (χ2v) is 1.75. The number of Topliss-reactive ketones (excluding diaryl/α,β-unsaturated/α-hetero) is 1. The Morgan fingerprint density at radius 2 is 2.38 bits per heavy atom. The summed E-state index contributed by atoms with van der Waals surface area (Å²) in [4.78, 5) is 10.3. The summed E-state index contributed by atoms with van der Waals surface area (Å²) in [7, 11) is 3.30. The van der Waals surface area contributed by atoms with Gasteiger partial charge in [0.15, 0.2) is 0 Å². The number of ketones is 1. The highest BCUT2D eigenvalue weighted by atomic mass is 16.1. The number of carbonyl (C=O) groups excluding carboxylic acids is 1. The van der Waals surface area contributed by atoms with Crippen LogP contribution in [0.15, 0.2) is 0 Å². The average Bonchev–Trinajstić information content (AvgIpc) is 1.66. The molecule has 0 saturated carbocycles. The van der Waals surface area contributed by atoms with Crippen LogP contribution < -0.4 is 5.32 Å². The van der Waals surface area contributed by atoms with E-state index in [1.165, 1.54) is 0 Å². The van der Waals surface area contributed by atoms with Crippen LogP contribution in [0, 0.1) is 7.05 Å². The van der Waals surface area contributed by atoms with Crippen molar-refractivity contribution in [1.29, 1.82) is 0 Å². The Labute approximate surface area is 50.3 Å². The highest BCUT2D eigenvalue weighted by molar-refractivity contribution is 5.75. The van der Waals surface area contributed by atoms with E-state index in [-0.39, 0.29) is 5.78 Å². The van der Waals surface area contributed by atoms with E-state index in [0.717, 1.165) is 6.42 Å². The summed E-state index contributed by atoms with van der Waals surface area (Å²) in [5, 5.41) is 3.61. The second kappa shape index (κ2) is 4.78. The lowest BCUT2D eigenvalue weighted by Gasteiger charge is -1.97. The predicted molar refractivity (Wildman–Crippen MR) is 32.3 cm³/mol. The lowest BCUT2D eigenvalue weighted by atomic mass is 10.2. The van der Waals surface area contributed by atoms with Crippen LogP contribution in [0.25, 0.3) is 0 Å². The van der Waals surface area contributed by atoms with Gasteiger partial charge in [0.05, 0.1) is 0 Å². The van der Waals surface area contributed by atoms with E-state index < -0.39 is 0 Å². The largest absolute Gasteiger partial charge is 0.424 e. The molecule has 0 saturated heterocycles. The molecule has 0 N–H and O–H groups in total. The second-order valence-electron chi connectivity index (χ2n) is 1.75. The molecule has 0 rings (SSSR count). The van der Waals surface area contributed by atoms with E-state index in [9.17, 15) is 4.79 Å². The van der Waals surface area contributed by atoms with Crippen molar-refractivity contribution in [3.63, 3.8) is 0 Å². The van der Waals surface area contributed by atoms with E-state index in [0.29, 0.717) is 13.0 Å². The van der Waals surface area contributed by atoms with Crippen LogP contribution in [-0.4, -0.2) is 12.3 Å². The Morgan fingerprint density at radius 1 is 1.75 bits per heavy atom. The third kappa shape index (κ3) is 5.63. The molecule has 2 nitrogen and oxygen atoms in total. The Balaban J connectivity index is 2.82. The van der Waals surface area contributed by atoms with Crippen molar-refractivity contribution in [3.8, 4) is 0 Å². The molecule has 0 aliphatic carbocycles. The van der Waals surface area contributed by atoms with Gasteiger partial charge in [-0.15, -0.1) is 0 Å². The molecule has 8 heavy (non-hydrogen) atoms. The van der Waals surface area contributed by atoms with Crippen LogP contribution in [0.4, 0.5) is 0 Å². The maximum Gasteiger partial charge on any atom is 0.129 e. The minimum absolute atomic E-state index is 0.230. The van der Waals surface area contributed by atoms with Gasteiger partial charge in [-0.3, -0.25) is 7.05 Å². The summed E-state index contributed by atoms with van der Waals surface area (Å²) < 4.78 is 0. The fraction of sp³-hybridized carbons (Fsp3) is 0.667. The summed E-state index contributed by atoms with van der Waals surface area (Å²) in [6.45, 7) is 2.29. The Morgan fingerprint density at radius 3 is 2.75 bits per heavy atom. The number of carbonyl (C=O) groups is 1. The lowest BCUT2D eigenvalue weighted by Crippen LogP contribution is -1.99. The Bertz CT molecular complexity index is 70.9. The van der Waals surface area contributed by atoms with Crippen molar-refractivity contribution >= 4 is 5.78 Å². The molecule has 0 aromatic rings. The van der Waals surface area contributed by atoms with Gasteiger partial charge < -0.3 is 10.1 Å². The minimum Gasteiger partial charge on any atom is -0.424 e. The topological polar surface area (TPSA) is 31.2 Å². The van der Waals surface area contributed by atoms with Crippen LogP contribution in [0.1, 0.15) is 19.8 Å². The van der Waals surface area contributed by atoms with Crippen LogP contribution in [0.3, 0.4) is 0 Å². The standard InChI is InChI=1S/C6H11NO/c1-6(8)4-3-5-7-2/h2-5H2,1H3/q-1. The summed E-state index contributed by atoms with van der Waals surface area (Å²) in [6, 6.07) is 0. The van der Waals surface area contributed by atoms with Crippen molar-refractivity contribution in [2.24, 2.45) is 0 Å². The van der Waals surface area contributed by atoms with Crippen molar-refractivity contribution in [1.82, 2.24) is 5.32 Å². The first-order valence-electron chi connectivity index (χ1n) is 2.69. The molecule has 0 heterocycles. The number of rotatable bonds is 4. The highest BCUT2D eigenvalue weighted by Gasteiger charge is 1.88. The third-order valence-electron chi connectivity index (χ3n) is 0.845. The van der Waals surface area contributed by atoms with Crippen molar-refractivity contribution < 1.29 is 4.79 Å². The van der Waals surface area contributed by atoms with Crippen molar-refractivity contribution in [3.05, 3.63) is 7.05 Å². The predicted octanol–water partition coefficient (Wildman–Crippen LogP) is 0.752. The molecule has 0 aliphatic rings. The van der Waals surface area contributed by atoms with Gasteiger partial charge in [-0.05, 0) is 19.9 Å². The van der Waals surface area contributed by atoms with Crippen LogP contribution >= 0.6 is 0 Å². The first kappa shape index (κ1) is 7.63. The Kier molecular flexibility index (Phi) is 4.56. The number of nitrogens with zero attached hydrogens (tertiary/aromatic N) is 1. The number of hydrogen-bond acceptors (Lipinski definition) is 1. The molecular formula is C6H11NO-. The van der Waals surface area contributed by atoms with E-state index in [2.05, 4.69) is 12.4 Å². The molecule has 0 aliphatic heterocycles. The smallest absolute Gasteiger partial charge is 0.129 e. The van der Waals surface area contributed by atoms with Gasteiger partial charge in [0.2, 0.25) is 0 Å². The lowest BCUT2D eigenvalue weighted by molar-refractivity contribution is -0.117. The molecule has 0 fully saturated rings. The van der Waals surface area contributed by atoms with Gasteiger partial charge in [0.25, 0.3) is 0 Å². The summed E-state index contributed by atoms with van der Waals surface area (Å²) in [5.41, 5.74) is 0. The molecule has 0 spiro atoms. The number of hydrogen-bond donors (Lipinski definition) is 0. The molecule has 47 valence electrons. The molecule has 0 aromatic heterocycles. The summed E-state index contributed by atoms with van der Waals surface area (Å²) in [5.74, 6) is 0.230. The maximum atomic E-state index is 10.3. The quantitative estimate of drug-likeness (QED) is 0.391.